The molecule has 0 bridgehead atoms. The van der Waals surface area contributed by atoms with Gasteiger partial charge in [-0.15, -0.1) is 0 Å². The van der Waals surface area contributed by atoms with Crippen molar-refractivity contribution in [3.05, 3.63) is 34.2 Å². The normalized spacial score (nSPS) is 21.0. The second kappa shape index (κ2) is 6.55. The Morgan fingerprint density at radius 1 is 1.36 bits per heavy atom. The third-order valence-corrected chi connectivity index (χ3v) is 4.58. The Kier molecular flexibility index (Phi) is 4.59. The number of rotatable bonds is 4. The van der Waals surface area contributed by atoms with E-state index in [2.05, 4.69) is 10.3 Å². The predicted octanol–water partition coefficient (Wildman–Crippen LogP) is 1.75. The molecule has 25 heavy (non-hydrogen) atoms. The van der Waals surface area contributed by atoms with E-state index < -0.39 is 18.4 Å². The van der Waals surface area contributed by atoms with E-state index in [0.29, 0.717) is 22.6 Å². The van der Waals surface area contributed by atoms with Gasteiger partial charge in [-0.2, -0.15) is 13.2 Å². The minimum absolute atomic E-state index is 0.0469. The SMILES string of the molecule is NCC1CCC(NC(=O)c2ccc3c(c2)[nH]c(=O)n3CC(F)(F)F)C1. The number of nitrogens with two attached hydrogens (primary N) is 1. The molecule has 1 aromatic heterocycles. The van der Waals surface area contributed by atoms with Crippen LogP contribution < -0.4 is 16.7 Å². The van der Waals surface area contributed by atoms with Gasteiger partial charge < -0.3 is 16.0 Å². The van der Waals surface area contributed by atoms with Gasteiger partial charge in [0.2, 0.25) is 0 Å². The van der Waals surface area contributed by atoms with E-state index in [1.165, 1.54) is 18.2 Å². The molecule has 0 saturated heterocycles. The number of carbonyl (C=O) groups excluding carboxylic acids is 1. The minimum atomic E-state index is -4.50. The van der Waals surface area contributed by atoms with Crippen LogP contribution in [0.1, 0.15) is 29.6 Å². The van der Waals surface area contributed by atoms with E-state index in [1.807, 2.05) is 0 Å². The Morgan fingerprint density at radius 3 is 2.76 bits per heavy atom. The Labute approximate surface area is 141 Å². The molecule has 1 aliphatic carbocycles. The van der Waals surface area contributed by atoms with Crippen molar-refractivity contribution < 1.29 is 18.0 Å². The molecular formula is C16H19F3N4O2. The lowest BCUT2D eigenvalue weighted by Gasteiger charge is -2.13. The van der Waals surface area contributed by atoms with Gasteiger partial charge in [0.25, 0.3) is 5.91 Å². The van der Waals surface area contributed by atoms with Gasteiger partial charge in [0.15, 0.2) is 0 Å². The largest absolute Gasteiger partial charge is 0.406 e. The van der Waals surface area contributed by atoms with Gasteiger partial charge in [0, 0.05) is 11.6 Å². The molecule has 1 saturated carbocycles. The summed E-state index contributed by atoms with van der Waals surface area (Å²) in [5.74, 6) is 0.0922. The minimum Gasteiger partial charge on any atom is -0.349 e. The van der Waals surface area contributed by atoms with Gasteiger partial charge in [-0.05, 0) is 49.9 Å². The maximum atomic E-state index is 12.6. The van der Waals surface area contributed by atoms with Crippen LogP contribution in [0.3, 0.4) is 0 Å². The number of hydrogen-bond acceptors (Lipinski definition) is 3. The summed E-state index contributed by atoms with van der Waals surface area (Å²) in [6.07, 6.45) is -1.86. The van der Waals surface area contributed by atoms with E-state index in [1.54, 1.807) is 0 Å². The molecule has 1 fully saturated rings. The van der Waals surface area contributed by atoms with Gasteiger partial charge in [-0.3, -0.25) is 9.36 Å². The first-order chi connectivity index (χ1) is 11.8. The van der Waals surface area contributed by atoms with Crippen LogP contribution in [0.15, 0.2) is 23.0 Å². The number of imidazole rings is 1. The van der Waals surface area contributed by atoms with Crippen molar-refractivity contribution in [3.63, 3.8) is 0 Å². The molecule has 1 amide bonds. The lowest BCUT2D eigenvalue weighted by Crippen LogP contribution is -2.33. The van der Waals surface area contributed by atoms with Crippen LogP contribution in [-0.2, 0) is 6.54 Å². The van der Waals surface area contributed by atoms with Crippen molar-refractivity contribution in [1.82, 2.24) is 14.9 Å². The third kappa shape index (κ3) is 3.87. The average Bonchev–Trinajstić information content (AvgIpc) is 3.10. The van der Waals surface area contributed by atoms with Crippen LogP contribution >= 0.6 is 0 Å². The number of nitrogens with zero attached hydrogens (tertiary/aromatic N) is 1. The summed E-state index contributed by atoms with van der Waals surface area (Å²) in [5.41, 5.74) is 5.39. The fourth-order valence-electron chi connectivity index (χ4n) is 3.33. The van der Waals surface area contributed by atoms with E-state index >= 15 is 0 Å². The zero-order chi connectivity index (χ0) is 18.2. The molecule has 2 unspecified atom stereocenters. The summed E-state index contributed by atoms with van der Waals surface area (Å²) < 4.78 is 38.3. The Morgan fingerprint density at radius 2 is 2.12 bits per heavy atom. The predicted molar refractivity (Wildman–Crippen MR) is 86.3 cm³/mol. The second-order valence-corrected chi connectivity index (χ2v) is 6.45. The van der Waals surface area contributed by atoms with Gasteiger partial charge >= 0.3 is 11.9 Å². The standard InChI is InChI=1S/C16H19F3N4O2/c17-16(18,19)8-23-13-4-2-10(6-12(13)22-15(23)25)14(24)21-11-3-1-9(5-11)7-20/h2,4,6,9,11H,1,3,5,7-8,20H2,(H,21,24)(H,22,25). The number of nitrogens with one attached hydrogen (secondary N) is 2. The van der Waals surface area contributed by atoms with Gasteiger partial charge in [0.05, 0.1) is 11.0 Å². The lowest BCUT2D eigenvalue weighted by molar-refractivity contribution is -0.140. The number of alkyl halides is 3. The first-order valence-corrected chi connectivity index (χ1v) is 8.07. The van der Waals surface area contributed by atoms with E-state index in [4.69, 9.17) is 5.73 Å². The maximum Gasteiger partial charge on any atom is 0.406 e. The fraction of sp³-hybridized carbons (Fsp3) is 0.500. The highest BCUT2D eigenvalue weighted by molar-refractivity contribution is 5.97. The Balaban J connectivity index is 1.80. The van der Waals surface area contributed by atoms with Gasteiger partial charge in [-0.1, -0.05) is 0 Å². The van der Waals surface area contributed by atoms with Crippen LogP contribution in [-0.4, -0.2) is 34.2 Å². The summed E-state index contributed by atoms with van der Waals surface area (Å²) in [4.78, 5) is 26.4. The molecule has 2 atom stereocenters. The molecule has 9 heteroatoms. The number of aromatic nitrogens is 2. The summed E-state index contributed by atoms with van der Waals surface area (Å²) in [6, 6.07) is 4.22. The number of benzene rings is 1. The summed E-state index contributed by atoms with van der Waals surface area (Å²) in [6.45, 7) is -0.786. The summed E-state index contributed by atoms with van der Waals surface area (Å²) >= 11 is 0. The summed E-state index contributed by atoms with van der Waals surface area (Å²) in [5, 5.41) is 2.91. The second-order valence-electron chi connectivity index (χ2n) is 6.45. The van der Waals surface area contributed by atoms with Crippen molar-refractivity contribution in [2.24, 2.45) is 11.7 Å². The van der Waals surface area contributed by atoms with Crippen molar-refractivity contribution in [1.29, 1.82) is 0 Å². The maximum absolute atomic E-state index is 12.6. The molecule has 136 valence electrons. The van der Waals surface area contributed by atoms with Crippen LogP contribution in [0, 0.1) is 5.92 Å². The zero-order valence-electron chi connectivity index (χ0n) is 13.4. The first kappa shape index (κ1) is 17.5. The van der Waals surface area contributed by atoms with Gasteiger partial charge in [-0.25, -0.2) is 4.79 Å². The van der Waals surface area contributed by atoms with Crippen molar-refractivity contribution in [2.75, 3.05) is 6.54 Å². The van der Waals surface area contributed by atoms with Crippen molar-refractivity contribution in [2.45, 2.75) is 38.0 Å². The first-order valence-electron chi connectivity index (χ1n) is 8.07. The highest BCUT2D eigenvalue weighted by Gasteiger charge is 2.30. The van der Waals surface area contributed by atoms with Crippen LogP contribution in [0.4, 0.5) is 13.2 Å². The molecule has 4 N–H and O–H groups in total. The number of amides is 1. The van der Waals surface area contributed by atoms with Crippen LogP contribution in [0.5, 0.6) is 0 Å². The fourth-order valence-corrected chi connectivity index (χ4v) is 3.33. The molecule has 0 spiro atoms. The third-order valence-electron chi connectivity index (χ3n) is 4.58. The quantitative estimate of drug-likeness (QED) is 0.779. The lowest BCUT2D eigenvalue weighted by atomic mass is 10.1. The molecule has 1 aliphatic rings. The monoisotopic (exact) mass is 356 g/mol. The van der Waals surface area contributed by atoms with E-state index in [0.717, 1.165) is 19.3 Å². The number of fused-ring (bicyclic) bond motifs is 1. The molecule has 1 heterocycles. The average molecular weight is 356 g/mol. The topological polar surface area (TPSA) is 92.9 Å². The van der Waals surface area contributed by atoms with E-state index in [-0.39, 0.29) is 23.0 Å². The van der Waals surface area contributed by atoms with Crippen molar-refractivity contribution >= 4 is 16.9 Å². The Hall–Kier alpha value is -2.29. The molecular weight excluding hydrogens is 337 g/mol. The number of aromatic amines is 1. The number of carbonyl (C=O) groups is 1. The molecule has 0 aliphatic heterocycles. The Bertz CT molecular complexity index is 840. The molecule has 0 radical (unpaired) electrons. The molecule has 2 aromatic rings. The number of hydrogen-bond donors (Lipinski definition) is 3. The van der Waals surface area contributed by atoms with Crippen molar-refractivity contribution in [3.8, 4) is 0 Å². The summed E-state index contributed by atoms with van der Waals surface area (Å²) in [7, 11) is 0. The number of H-pyrrole nitrogens is 1. The molecule has 6 nitrogen and oxygen atoms in total. The van der Waals surface area contributed by atoms with Crippen LogP contribution in [0.25, 0.3) is 11.0 Å². The highest BCUT2D eigenvalue weighted by Crippen LogP contribution is 2.25. The van der Waals surface area contributed by atoms with E-state index in [9.17, 15) is 22.8 Å². The van der Waals surface area contributed by atoms with Crippen LogP contribution in [0.2, 0.25) is 0 Å². The zero-order valence-corrected chi connectivity index (χ0v) is 13.4. The highest BCUT2D eigenvalue weighted by atomic mass is 19.4. The molecule has 1 aromatic carbocycles. The number of halogens is 3. The molecule has 3 rings (SSSR count). The smallest absolute Gasteiger partial charge is 0.349 e. The van der Waals surface area contributed by atoms with Gasteiger partial charge in [0.1, 0.15) is 6.54 Å².